The Hall–Kier alpha value is -2.58. The normalized spacial score (nSPS) is 17.8. The van der Waals surface area contributed by atoms with E-state index in [1.54, 1.807) is 34.6 Å². The SMILES string of the molecule is CCCCCCCCCCC(=O)C1(c2cccc(C(F)(F)F)c2C(=O)OC(C)C)CCN(C(=O)OC(C)(C)C)C1. The van der Waals surface area contributed by atoms with Gasteiger partial charge in [-0.2, -0.15) is 13.2 Å². The van der Waals surface area contributed by atoms with E-state index in [0.717, 1.165) is 31.7 Å². The summed E-state index contributed by atoms with van der Waals surface area (Å²) in [5.41, 5.74) is -4.11. The number of carbonyl (C=O) groups is 3. The number of esters is 1. The molecule has 40 heavy (non-hydrogen) atoms. The number of unbranched alkanes of at least 4 members (excludes halogenated alkanes) is 7. The second-order valence-electron chi connectivity index (χ2n) is 12.1. The van der Waals surface area contributed by atoms with Gasteiger partial charge in [0.05, 0.1) is 22.6 Å². The summed E-state index contributed by atoms with van der Waals surface area (Å²) in [6, 6.07) is 3.44. The predicted octanol–water partition coefficient (Wildman–Crippen LogP) is 8.25. The van der Waals surface area contributed by atoms with Crippen molar-refractivity contribution in [1.82, 2.24) is 4.90 Å². The Morgan fingerprint density at radius 1 is 0.975 bits per heavy atom. The number of rotatable bonds is 13. The first-order valence-electron chi connectivity index (χ1n) is 14.5. The third-order valence-corrected chi connectivity index (χ3v) is 7.14. The van der Waals surface area contributed by atoms with Crippen molar-refractivity contribution >= 4 is 17.8 Å². The summed E-state index contributed by atoms with van der Waals surface area (Å²) in [5, 5.41) is 0. The number of alkyl halides is 3. The van der Waals surface area contributed by atoms with E-state index in [1.807, 2.05) is 0 Å². The number of halogens is 3. The van der Waals surface area contributed by atoms with Crippen LogP contribution in [0.2, 0.25) is 0 Å². The van der Waals surface area contributed by atoms with E-state index in [0.29, 0.717) is 6.42 Å². The summed E-state index contributed by atoms with van der Waals surface area (Å²) in [5.74, 6) is -1.41. The molecule has 1 aromatic rings. The number of nitrogens with zero attached hydrogens (tertiary/aromatic N) is 1. The van der Waals surface area contributed by atoms with Crippen LogP contribution in [0.1, 0.15) is 127 Å². The van der Waals surface area contributed by atoms with Crippen molar-refractivity contribution in [3.8, 4) is 0 Å². The molecule has 1 unspecified atom stereocenters. The fraction of sp³-hybridized carbons (Fsp3) is 0.710. The Morgan fingerprint density at radius 3 is 2.12 bits per heavy atom. The highest BCUT2D eigenvalue weighted by molar-refractivity contribution is 5.99. The van der Waals surface area contributed by atoms with E-state index in [2.05, 4.69) is 6.92 Å². The highest BCUT2D eigenvalue weighted by Crippen LogP contribution is 2.43. The molecule has 0 aromatic heterocycles. The number of Topliss-reactive ketones (excluding diaryl/α,β-unsaturated/α-hetero) is 1. The molecule has 1 atom stereocenters. The zero-order valence-corrected chi connectivity index (χ0v) is 24.9. The Kier molecular flexibility index (Phi) is 12.1. The minimum Gasteiger partial charge on any atom is -0.459 e. The molecule has 1 amide bonds. The zero-order valence-electron chi connectivity index (χ0n) is 24.9. The van der Waals surface area contributed by atoms with Gasteiger partial charge in [0, 0.05) is 19.5 Å². The molecule has 1 aromatic carbocycles. The molecule has 1 heterocycles. The van der Waals surface area contributed by atoms with Crippen molar-refractivity contribution in [2.45, 2.75) is 129 Å². The fourth-order valence-corrected chi connectivity index (χ4v) is 5.23. The average Bonchev–Trinajstić information content (AvgIpc) is 3.30. The third kappa shape index (κ3) is 9.23. The number of ether oxygens (including phenoxy) is 2. The molecule has 1 aliphatic rings. The second-order valence-corrected chi connectivity index (χ2v) is 12.1. The van der Waals surface area contributed by atoms with Crippen LogP contribution in [-0.2, 0) is 25.9 Å². The molecule has 0 spiro atoms. The standard InChI is InChI=1S/C31H46F3NO5/c1-7-8-9-10-11-12-13-14-18-25(36)30(19-20-35(21-30)28(38)40-29(4,5)6)23-16-15-17-24(31(32,33)34)26(23)27(37)39-22(2)3/h15-17,22H,7-14,18-21H2,1-6H3. The maximum atomic E-state index is 14.2. The fourth-order valence-electron chi connectivity index (χ4n) is 5.23. The summed E-state index contributed by atoms with van der Waals surface area (Å²) in [6.07, 6.45) is 2.25. The van der Waals surface area contributed by atoms with Crippen LogP contribution in [-0.4, -0.2) is 47.5 Å². The van der Waals surface area contributed by atoms with Gasteiger partial charge >= 0.3 is 18.2 Å². The lowest BCUT2D eigenvalue weighted by Gasteiger charge is -2.32. The molecule has 0 aliphatic carbocycles. The molecule has 226 valence electrons. The second kappa shape index (κ2) is 14.4. The Morgan fingerprint density at radius 2 is 1.57 bits per heavy atom. The Bertz CT molecular complexity index is 1020. The van der Waals surface area contributed by atoms with E-state index < -0.39 is 46.5 Å². The number of hydrogen-bond acceptors (Lipinski definition) is 5. The van der Waals surface area contributed by atoms with Gasteiger partial charge in [0.2, 0.25) is 0 Å². The van der Waals surface area contributed by atoms with E-state index in [4.69, 9.17) is 9.47 Å². The highest BCUT2D eigenvalue weighted by Gasteiger charge is 2.51. The van der Waals surface area contributed by atoms with Gasteiger partial charge in [0.1, 0.15) is 11.4 Å². The molecule has 9 heteroatoms. The van der Waals surface area contributed by atoms with E-state index in [9.17, 15) is 27.6 Å². The van der Waals surface area contributed by atoms with E-state index in [-0.39, 0.29) is 37.3 Å². The number of carbonyl (C=O) groups excluding carboxylic acids is 3. The summed E-state index contributed by atoms with van der Waals surface area (Å²) in [6.45, 7) is 10.4. The van der Waals surface area contributed by atoms with Crippen LogP contribution in [0.15, 0.2) is 18.2 Å². The molecule has 1 saturated heterocycles. The van der Waals surface area contributed by atoms with Gasteiger partial charge in [-0.25, -0.2) is 9.59 Å². The van der Waals surface area contributed by atoms with Crippen LogP contribution < -0.4 is 0 Å². The van der Waals surface area contributed by atoms with Gasteiger partial charge in [0.25, 0.3) is 0 Å². The molecule has 1 fully saturated rings. The van der Waals surface area contributed by atoms with E-state index >= 15 is 0 Å². The topological polar surface area (TPSA) is 72.9 Å². The van der Waals surface area contributed by atoms with Gasteiger partial charge in [-0.05, 0) is 59.1 Å². The lowest BCUT2D eigenvalue weighted by molar-refractivity contribution is -0.138. The number of benzene rings is 1. The van der Waals surface area contributed by atoms with Crippen LogP contribution in [0.25, 0.3) is 0 Å². The van der Waals surface area contributed by atoms with Gasteiger partial charge in [-0.15, -0.1) is 0 Å². The number of hydrogen-bond donors (Lipinski definition) is 0. The van der Waals surface area contributed by atoms with Crippen LogP contribution in [0.3, 0.4) is 0 Å². The number of ketones is 1. The van der Waals surface area contributed by atoms with Crippen LogP contribution in [0, 0.1) is 0 Å². The minimum absolute atomic E-state index is 0.0383. The van der Waals surface area contributed by atoms with Crippen molar-refractivity contribution in [3.63, 3.8) is 0 Å². The molecule has 0 N–H and O–H groups in total. The summed E-state index contributed by atoms with van der Waals surface area (Å²) in [4.78, 5) is 41.4. The summed E-state index contributed by atoms with van der Waals surface area (Å²) in [7, 11) is 0. The zero-order chi connectivity index (χ0) is 30.1. The van der Waals surface area contributed by atoms with Gasteiger partial charge < -0.3 is 14.4 Å². The van der Waals surface area contributed by atoms with E-state index in [1.165, 1.54) is 36.3 Å². The molecule has 0 radical (unpaired) electrons. The van der Waals surface area contributed by atoms with Crippen molar-refractivity contribution in [2.24, 2.45) is 0 Å². The highest BCUT2D eigenvalue weighted by atomic mass is 19.4. The first-order chi connectivity index (χ1) is 18.6. The van der Waals surface area contributed by atoms with Crippen molar-refractivity contribution in [3.05, 3.63) is 34.9 Å². The van der Waals surface area contributed by atoms with Crippen molar-refractivity contribution in [2.75, 3.05) is 13.1 Å². The molecule has 2 rings (SSSR count). The molecule has 1 aliphatic heterocycles. The van der Waals surface area contributed by atoms with Gasteiger partial charge in [-0.3, -0.25) is 4.79 Å². The molecular formula is C31H46F3NO5. The Balaban J connectivity index is 2.45. The maximum Gasteiger partial charge on any atom is 0.417 e. The van der Waals surface area contributed by atoms with Gasteiger partial charge in [0.15, 0.2) is 0 Å². The molecular weight excluding hydrogens is 523 g/mol. The molecule has 0 bridgehead atoms. The quantitative estimate of drug-likeness (QED) is 0.177. The first kappa shape index (κ1) is 33.6. The first-order valence-corrected chi connectivity index (χ1v) is 14.5. The number of amides is 1. The average molecular weight is 570 g/mol. The third-order valence-electron chi connectivity index (χ3n) is 7.14. The Labute approximate surface area is 237 Å². The number of likely N-dealkylation sites (tertiary alicyclic amines) is 1. The smallest absolute Gasteiger partial charge is 0.417 e. The predicted molar refractivity (Wildman–Crippen MR) is 148 cm³/mol. The lowest BCUT2D eigenvalue weighted by atomic mass is 9.71. The van der Waals surface area contributed by atoms with Crippen LogP contribution >= 0.6 is 0 Å². The van der Waals surface area contributed by atoms with Crippen molar-refractivity contribution < 1.29 is 37.0 Å². The maximum absolute atomic E-state index is 14.2. The van der Waals surface area contributed by atoms with Crippen LogP contribution in [0.4, 0.5) is 18.0 Å². The molecule has 6 nitrogen and oxygen atoms in total. The summed E-state index contributed by atoms with van der Waals surface area (Å²) >= 11 is 0. The monoisotopic (exact) mass is 569 g/mol. The molecule has 0 saturated carbocycles. The summed E-state index contributed by atoms with van der Waals surface area (Å²) < 4.78 is 53.2. The minimum atomic E-state index is -4.84. The van der Waals surface area contributed by atoms with Crippen molar-refractivity contribution in [1.29, 1.82) is 0 Å². The lowest BCUT2D eigenvalue weighted by Crippen LogP contribution is -2.43. The van der Waals surface area contributed by atoms with Gasteiger partial charge in [-0.1, -0.05) is 64.0 Å². The largest absolute Gasteiger partial charge is 0.459 e. The van der Waals surface area contributed by atoms with Crippen LogP contribution in [0.5, 0.6) is 0 Å².